The second-order valence-electron chi connectivity index (χ2n) is 4.16. The summed E-state index contributed by atoms with van der Waals surface area (Å²) in [5.74, 6) is 0.164. The lowest BCUT2D eigenvalue weighted by molar-refractivity contribution is 0.0882. The van der Waals surface area contributed by atoms with Gasteiger partial charge >= 0.3 is 0 Å². The molecule has 0 amide bonds. The van der Waals surface area contributed by atoms with Crippen LogP contribution in [-0.4, -0.2) is 18.8 Å². The summed E-state index contributed by atoms with van der Waals surface area (Å²) in [6.07, 6.45) is 0.359. The lowest BCUT2D eigenvalue weighted by Gasteiger charge is -2.21. The Kier molecular flexibility index (Phi) is 5.26. The molecule has 1 rings (SSSR count). The second kappa shape index (κ2) is 6.24. The number of ether oxygens (including phenoxy) is 1. The summed E-state index contributed by atoms with van der Waals surface area (Å²) in [5.41, 5.74) is 1.87. The van der Waals surface area contributed by atoms with Gasteiger partial charge in [0.05, 0.1) is 6.10 Å². The van der Waals surface area contributed by atoms with Crippen molar-refractivity contribution in [2.75, 3.05) is 13.7 Å². The highest BCUT2D eigenvalue weighted by Gasteiger charge is 2.18. The molecule has 1 aromatic carbocycles. The third-order valence-corrected chi connectivity index (χ3v) is 3.35. The molecule has 0 saturated carbocycles. The fraction of sp³-hybridized carbons (Fsp3) is 0.538. The van der Waals surface area contributed by atoms with E-state index in [1.165, 1.54) is 0 Å². The van der Waals surface area contributed by atoms with E-state index in [4.69, 9.17) is 16.3 Å². The van der Waals surface area contributed by atoms with Crippen LogP contribution in [0.4, 0.5) is 0 Å². The van der Waals surface area contributed by atoms with Crippen LogP contribution in [0.15, 0.2) is 18.2 Å². The van der Waals surface area contributed by atoms with E-state index in [2.05, 4.69) is 0 Å². The topological polar surface area (TPSA) is 29.5 Å². The predicted molar refractivity (Wildman–Crippen MR) is 66.8 cm³/mol. The first-order valence-electron chi connectivity index (χ1n) is 5.50. The van der Waals surface area contributed by atoms with E-state index >= 15 is 0 Å². The van der Waals surface area contributed by atoms with Gasteiger partial charge in [0, 0.05) is 18.7 Å². The maximum atomic E-state index is 10.2. The summed E-state index contributed by atoms with van der Waals surface area (Å²) < 4.78 is 5.02. The van der Waals surface area contributed by atoms with Crippen molar-refractivity contribution in [2.45, 2.75) is 26.4 Å². The Morgan fingerprint density at radius 2 is 2.12 bits per heavy atom. The zero-order valence-electron chi connectivity index (χ0n) is 10.0. The predicted octanol–water partition coefficient (Wildman–Crippen LogP) is 3.35. The minimum absolute atomic E-state index is 0.164. The Morgan fingerprint density at radius 3 is 2.75 bits per heavy atom. The van der Waals surface area contributed by atoms with Gasteiger partial charge in [0.25, 0.3) is 0 Å². The molecule has 90 valence electrons. The van der Waals surface area contributed by atoms with Gasteiger partial charge in [-0.1, -0.05) is 30.7 Å². The molecule has 2 nitrogen and oxygen atoms in total. The molecule has 0 fully saturated rings. The van der Waals surface area contributed by atoms with Gasteiger partial charge < -0.3 is 9.84 Å². The first-order chi connectivity index (χ1) is 7.57. The van der Waals surface area contributed by atoms with Gasteiger partial charge in [-0.3, -0.25) is 0 Å². The maximum Gasteiger partial charge on any atom is 0.0819 e. The van der Waals surface area contributed by atoms with E-state index in [0.717, 1.165) is 17.5 Å². The molecule has 0 heterocycles. The van der Waals surface area contributed by atoms with E-state index in [9.17, 15) is 5.11 Å². The van der Waals surface area contributed by atoms with Crippen molar-refractivity contribution < 1.29 is 9.84 Å². The van der Waals surface area contributed by atoms with Gasteiger partial charge in [0.1, 0.15) is 0 Å². The Hall–Kier alpha value is -0.570. The Labute approximate surface area is 102 Å². The summed E-state index contributed by atoms with van der Waals surface area (Å²) in [4.78, 5) is 0. The Balaban J connectivity index is 2.79. The average Bonchev–Trinajstić information content (AvgIpc) is 2.28. The first-order valence-corrected chi connectivity index (χ1v) is 5.87. The van der Waals surface area contributed by atoms with E-state index in [1.54, 1.807) is 7.11 Å². The van der Waals surface area contributed by atoms with Gasteiger partial charge in [-0.05, 0) is 36.5 Å². The molecule has 2 unspecified atom stereocenters. The lowest BCUT2D eigenvalue weighted by Crippen LogP contribution is -2.12. The fourth-order valence-corrected chi connectivity index (χ4v) is 1.89. The summed E-state index contributed by atoms with van der Waals surface area (Å²) in [6, 6.07) is 5.64. The zero-order chi connectivity index (χ0) is 12.1. The van der Waals surface area contributed by atoms with Gasteiger partial charge in [-0.15, -0.1) is 0 Å². The number of rotatable bonds is 5. The summed E-state index contributed by atoms with van der Waals surface area (Å²) in [6.45, 7) is 4.62. The van der Waals surface area contributed by atoms with Crippen LogP contribution in [0.5, 0.6) is 0 Å². The van der Waals surface area contributed by atoms with Crippen molar-refractivity contribution >= 4 is 11.6 Å². The Morgan fingerprint density at radius 1 is 1.44 bits per heavy atom. The zero-order valence-corrected chi connectivity index (χ0v) is 10.8. The molecular formula is C13H19ClO2. The molecule has 16 heavy (non-hydrogen) atoms. The highest BCUT2D eigenvalue weighted by Crippen LogP contribution is 2.30. The number of hydrogen-bond donors (Lipinski definition) is 1. The molecule has 0 bridgehead atoms. The lowest BCUT2D eigenvalue weighted by atomic mass is 9.92. The van der Waals surface area contributed by atoms with Crippen molar-refractivity contribution in [2.24, 2.45) is 5.92 Å². The number of halogens is 1. The van der Waals surface area contributed by atoms with Gasteiger partial charge in [-0.25, -0.2) is 0 Å². The smallest absolute Gasteiger partial charge is 0.0819 e. The molecule has 1 aromatic rings. The third-order valence-electron chi connectivity index (χ3n) is 2.94. The van der Waals surface area contributed by atoms with Crippen LogP contribution >= 0.6 is 11.6 Å². The van der Waals surface area contributed by atoms with Crippen molar-refractivity contribution in [1.29, 1.82) is 0 Å². The van der Waals surface area contributed by atoms with Crippen LogP contribution in [0, 0.1) is 12.8 Å². The normalized spacial score (nSPS) is 14.8. The quantitative estimate of drug-likeness (QED) is 0.858. The molecule has 0 spiro atoms. The van der Waals surface area contributed by atoms with E-state index in [-0.39, 0.29) is 5.92 Å². The summed E-state index contributed by atoms with van der Waals surface area (Å²) in [5, 5.41) is 10.9. The fourth-order valence-electron chi connectivity index (χ4n) is 1.71. The van der Waals surface area contributed by atoms with Gasteiger partial charge in [-0.2, -0.15) is 0 Å². The van der Waals surface area contributed by atoms with Crippen LogP contribution in [-0.2, 0) is 4.74 Å². The SMILES string of the molecule is COCCC(C)C(O)c1cccc(Cl)c1C. The van der Waals surface area contributed by atoms with Crippen LogP contribution < -0.4 is 0 Å². The monoisotopic (exact) mass is 242 g/mol. The summed E-state index contributed by atoms with van der Waals surface area (Å²) >= 11 is 6.03. The standard InChI is InChI=1S/C13H19ClO2/c1-9(7-8-16-3)13(15)11-5-4-6-12(14)10(11)2/h4-6,9,13,15H,7-8H2,1-3H3. The van der Waals surface area contributed by atoms with E-state index < -0.39 is 6.10 Å². The molecule has 0 aromatic heterocycles. The van der Waals surface area contributed by atoms with Crippen molar-refractivity contribution in [1.82, 2.24) is 0 Å². The van der Waals surface area contributed by atoms with Crippen molar-refractivity contribution in [3.05, 3.63) is 34.3 Å². The van der Waals surface area contributed by atoms with Gasteiger partial charge in [0.15, 0.2) is 0 Å². The molecule has 2 atom stereocenters. The third kappa shape index (κ3) is 3.21. The average molecular weight is 243 g/mol. The molecule has 0 aliphatic rings. The maximum absolute atomic E-state index is 10.2. The minimum atomic E-state index is -0.478. The molecule has 0 saturated heterocycles. The first kappa shape index (κ1) is 13.5. The van der Waals surface area contributed by atoms with E-state index in [1.807, 2.05) is 32.0 Å². The van der Waals surface area contributed by atoms with Gasteiger partial charge in [0.2, 0.25) is 0 Å². The summed E-state index contributed by atoms with van der Waals surface area (Å²) in [7, 11) is 1.67. The van der Waals surface area contributed by atoms with Crippen LogP contribution in [0.1, 0.15) is 30.6 Å². The van der Waals surface area contributed by atoms with Crippen LogP contribution in [0.25, 0.3) is 0 Å². The van der Waals surface area contributed by atoms with Crippen molar-refractivity contribution in [3.8, 4) is 0 Å². The molecule has 0 aliphatic carbocycles. The number of methoxy groups -OCH3 is 1. The Bertz CT molecular complexity index is 339. The van der Waals surface area contributed by atoms with E-state index in [0.29, 0.717) is 11.6 Å². The highest BCUT2D eigenvalue weighted by atomic mass is 35.5. The number of aliphatic hydroxyl groups is 1. The van der Waals surface area contributed by atoms with Crippen LogP contribution in [0.2, 0.25) is 5.02 Å². The minimum Gasteiger partial charge on any atom is -0.388 e. The highest BCUT2D eigenvalue weighted by molar-refractivity contribution is 6.31. The molecule has 3 heteroatoms. The number of hydrogen-bond acceptors (Lipinski definition) is 2. The van der Waals surface area contributed by atoms with Crippen LogP contribution in [0.3, 0.4) is 0 Å². The molecule has 0 aliphatic heterocycles. The molecule has 0 radical (unpaired) electrons. The largest absolute Gasteiger partial charge is 0.388 e. The molecule has 1 N–H and O–H groups in total. The number of benzene rings is 1. The molecular weight excluding hydrogens is 224 g/mol. The van der Waals surface area contributed by atoms with Crippen molar-refractivity contribution in [3.63, 3.8) is 0 Å². The second-order valence-corrected chi connectivity index (χ2v) is 4.56. The number of aliphatic hydroxyl groups excluding tert-OH is 1.